The van der Waals surface area contributed by atoms with E-state index in [-0.39, 0.29) is 11.9 Å². The van der Waals surface area contributed by atoms with Crippen molar-refractivity contribution in [3.8, 4) is 0 Å². The second-order valence-electron chi connectivity index (χ2n) is 6.26. The molecule has 24 heavy (non-hydrogen) atoms. The summed E-state index contributed by atoms with van der Waals surface area (Å²) in [6.07, 6.45) is 0.996. The van der Waals surface area contributed by atoms with Crippen LogP contribution in [0.15, 0.2) is 48.5 Å². The summed E-state index contributed by atoms with van der Waals surface area (Å²) < 4.78 is 0. The SMILES string of the molecule is C[C@H](C(=O)Nc1ccc(C(N)=O)cc1)[NH+]1CCc2ccccc2C1. The van der Waals surface area contributed by atoms with Gasteiger partial charge in [0, 0.05) is 23.2 Å². The Morgan fingerprint density at radius 1 is 1.08 bits per heavy atom. The lowest BCUT2D eigenvalue weighted by Gasteiger charge is -2.30. The highest BCUT2D eigenvalue weighted by Gasteiger charge is 2.28. The Morgan fingerprint density at radius 3 is 2.42 bits per heavy atom. The Bertz CT molecular complexity index is 755. The zero-order valence-electron chi connectivity index (χ0n) is 13.7. The first-order valence-corrected chi connectivity index (χ1v) is 8.16. The highest BCUT2D eigenvalue weighted by atomic mass is 16.2. The fraction of sp³-hybridized carbons (Fsp3) is 0.263. The van der Waals surface area contributed by atoms with Gasteiger partial charge >= 0.3 is 0 Å². The molecule has 2 aromatic carbocycles. The van der Waals surface area contributed by atoms with E-state index in [0.29, 0.717) is 11.3 Å². The summed E-state index contributed by atoms with van der Waals surface area (Å²) in [5.74, 6) is -0.492. The van der Waals surface area contributed by atoms with E-state index in [1.54, 1.807) is 24.3 Å². The van der Waals surface area contributed by atoms with Gasteiger partial charge in [-0.25, -0.2) is 0 Å². The molecule has 1 aliphatic rings. The molecule has 124 valence electrons. The van der Waals surface area contributed by atoms with Crippen LogP contribution in [0.1, 0.15) is 28.4 Å². The number of benzene rings is 2. The van der Waals surface area contributed by atoms with Gasteiger partial charge in [0.05, 0.1) is 6.54 Å². The molecule has 2 atom stereocenters. The van der Waals surface area contributed by atoms with Crippen LogP contribution in [0.2, 0.25) is 0 Å². The van der Waals surface area contributed by atoms with Gasteiger partial charge in [-0.1, -0.05) is 24.3 Å². The molecule has 1 aliphatic heterocycles. The van der Waals surface area contributed by atoms with Gasteiger partial charge in [0.15, 0.2) is 6.04 Å². The first kappa shape index (κ1) is 16.2. The number of fused-ring (bicyclic) bond motifs is 1. The highest BCUT2D eigenvalue weighted by Crippen LogP contribution is 2.12. The van der Waals surface area contributed by atoms with Crippen molar-refractivity contribution in [2.75, 3.05) is 11.9 Å². The molecule has 0 bridgehead atoms. The number of hydrogen-bond donors (Lipinski definition) is 3. The summed E-state index contributed by atoms with van der Waals surface area (Å²) in [5.41, 5.74) is 9.03. The lowest BCUT2D eigenvalue weighted by Crippen LogP contribution is -3.16. The number of anilines is 1. The van der Waals surface area contributed by atoms with Crippen molar-refractivity contribution < 1.29 is 14.5 Å². The van der Waals surface area contributed by atoms with Gasteiger partial charge in [-0.2, -0.15) is 0 Å². The minimum absolute atomic E-state index is 0.0174. The maximum absolute atomic E-state index is 12.5. The van der Waals surface area contributed by atoms with Gasteiger partial charge in [-0.3, -0.25) is 9.59 Å². The molecular weight excluding hydrogens is 302 g/mol. The lowest BCUT2D eigenvalue weighted by atomic mass is 9.99. The van der Waals surface area contributed by atoms with E-state index in [0.717, 1.165) is 19.5 Å². The Morgan fingerprint density at radius 2 is 1.75 bits per heavy atom. The second kappa shape index (κ2) is 6.84. The lowest BCUT2D eigenvalue weighted by molar-refractivity contribution is -0.929. The molecule has 5 nitrogen and oxygen atoms in total. The molecule has 0 spiro atoms. The number of amides is 2. The van der Waals surface area contributed by atoms with E-state index >= 15 is 0 Å². The molecule has 0 fully saturated rings. The van der Waals surface area contributed by atoms with Crippen molar-refractivity contribution in [3.63, 3.8) is 0 Å². The van der Waals surface area contributed by atoms with Crippen LogP contribution >= 0.6 is 0 Å². The summed E-state index contributed by atoms with van der Waals surface area (Å²) in [4.78, 5) is 24.9. The van der Waals surface area contributed by atoms with Gasteiger partial charge in [0.2, 0.25) is 5.91 Å². The standard InChI is InChI=1S/C19H21N3O2/c1-13(22-11-10-14-4-2-3-5-16(14)12-22)19(24)21-17-8-6-15(7-9-17)18(20)23/h2-9,13H,10-12H2,1H3,(H2,20,23)(H,21,24)/p+1/t13-/m1/s1. The van der Waals surface area contributed by atoms with Crippen molar-refractivity contribution in [2.24, 2.45) is 5.73 Å². The van der Waals surface area contributed by atoms with Gasteiger partial charge in [-0.15, -0.1) is 0 Å². The number of carbonyl (C=O) groups excluding carboxylic acids is 2. The predicted molar refractivity (Wildman–Crippen MR) is 92.7 cm³/mol. The first-order chi connectivity index (χ1) is 11.5. The molecule has 0 aliphatic carbocycles. The number of rotatable bonds is 4. The van der Waals surface area contributed by atoms with E-state index in [1.165, 1.54) is 16.0 Å². The van der Waals surface area contributed by atoms with Crippen LogP contribution in [0.25, 0.3) is 0 Å². The van der Waals surface area contributed by atoms with Crippen molar-refractivity contribution >= 4 is 17.5 Å². The van der Waals surface area contributed by atoms with Crippen LogP contribution in [0.4, 0.5) is 5.69 Å². The molecule has 4 N–H and O–H groups in total. The van der Waals surface area contributed by atoms with Gasteiger partial charge in [0.1, 0.15) is 6.54 Å². The van der Waals surface area contributed by atoms with E-state index in [2.05, 4.69) is 23.5 Å². The Kier molecular flexibility index (Phi) is 4.62. The quantitative estimate of drug-likeness (QED) is 0.776. The average molecular weight is 324 g/mol. The average Bonchev–Trinajstić information content (AvgIpc) is 2.61. The number of nitrogens with two attached hydrogens (primary N) is 1. The Hall–Kier alpha value is -2.66. The van der Waals surface area contributed by atoms with Crippen molar-refractivity contribution in [1.29, 1.82) is 0 Å². The van der Waals surface area contributed by atoms with Crippen LogP contribution in [0.3, 0.4) is 0 Å². The topological polar surface area (TPSA) is 76.6 Å². The van der Waals surface area contributed by atoms with Gasteiger partial charge in [0.25, 0.3) is 5.91 Å². The zero-order chi connectivity index (χ0) is 17.1. The summed E-state index contributed by atoms with van der Waals surface area (Å²) in [6.45, 7) is 3.77. The Labute approximate surface area is 141 Å². The summed E-state index contributed by atoms with van der Waals surface area (Å²) >= 11 is 0. The smallest absolute Gasteiger partial charge is 0.282 e. The highest BCUT2D eigenvalue weighted by molar-refractivity contribution is 5.95. The number of nitrogens with one attached hydrogen (secondary N) is 2. The molecule has 5 heteroatoms. The van der Waals surface area contributed by atoms with Crippen LogP contribution in [-0.4, -0.2) is 24.4 Å². The molecule has 2 amide bonds. The third-order valence-corrected chi connectivity index (χ3v) is 4.69. The summed E-state index contributed by atoms with van der Waals surface area (Å²) in [5, 5.41) is 2.92. The maximum atomic E-state index is 12.5. The monoisotopic (exact) mass is 324 g/mol. The number of quaternary nitrogens is 1. The first-order valence-electron chi connectivity index (χ1n) is 8.16. The van der Waals surface area contributed by atoms with E-state index in [4.69, 9.17) is 5.73 Å². The fourth-order valence-electron chi connectivity index (χ4n) is 3.13. The largest absolute Gasteiger partial charge is 0.366 e. The van der Waals surface area contributed by atoms with Crippen LogP contribution in [0.5, 0.6) is 0 Å². The number of primary amides is 1. The van der Waals surface area contributed by atoms with Gasteiger partial charge in [-0.05, 0) is 36.8 Å². The molecule has 3 rings (SSSR count). The fourth-order valence-corrected chi connectivity index (χ4v) is 3.13. The zero-order valence-corrected chi connectivity index (χ0v) is 13.7. The van der Waals surface area contributed by atoms with Crippen molar-refractivity contribution in [2.45, 2.75) is 25.9 Å². The molecule has 1 unspecified atom stereocenters. The second-order valence-corrected chi connectivity index (χ2v) is 6.26. The maximum Gasteiger partial charge on any atom is 0.282 e. The normalized spacial score (nSPS) is 17.6. The third kappa shape index (κ3) is 3.46. The van der Waals surface area contributed by atoms with E-state index in [1.807, 2.05) is 13.0 Å². The van der Waals surface area contributed by atoms with Crippen LogP contribution < -0.4 is 16.0 Å². The molecule has 0 saturated heterocycles. The summed E-state index contributed by atoms with van der Waals surface area (Å²) in [6, 6.07) is 14.9. The van der Waals surface area contributed by atoms with E-state index < -0.39 is 5.91 Å². The predicted octanol–water partition coefficient (Wildman–Crippen LogP) is 0.754. The minimum Gasteiger partial charge on any atom is -0.366 e. The molecule has 0 radical (unpaired) electrons. The molecule has 0 aromatic heterocycles. The minimum atomic E-state index is -0.474. The number of hydrogen-bond acceptors (Lipinski definition) is 2. The van der Waals surface area contributed by atoms with Crippen molar-refractivity contribution in [3.05, 3.63) is 65.2 Å². The number of carbonyl (C=O) groups is 2. The van der Waals surface area contributed by atoms with E-state index in [9.17, 15) is 9.59 Å². The molecule has 2 aromatic rings. The van der Waals surface area contributed by atoms with Crippen LogP contribution in [0, 0.1) is 0 Å². The van der Waals surface area contributed by atoms with Crippen molar-refractivity contribution in [1.82, 2.24) is 0 Å². The van der Waals surface area contributed by atoms with Gasteiger partial charge < -0.3 is 16.0 Å². The molecule has 1 heterocycles. The summed E-state index contributed by atoms with van der Waals surface area (Å²) in [7, 11) is 0. The Balaban J connectivity index is 1.64. The molecule has 0 saturated carbocycles. The van der Waals surface area contributed by atoms with Crippen LogP contribution in [-0.2, 0) is 17.8 Å². The molecular formula is C19H22N3O2+. The third-order valence-electron chi connectivity index (χ3n) is 4.69.